The van der Waals surface area contributed by atoms with Crippen LogP contribution in [-0.4, -0.2) is 18.3 Å². The van der Waals surface area contributed by atoms with Gasteiger partial charge in [-0.1, -0.05) is 12.5 Å². The van der Waals surface area contributed by atoms with Crippen molar-refractivity contribution in [1.29, 1.82) is 0 Å². The second-order valence-corrected chi connectivity index (χ2v) is 5.58. The first kappa shape index (κ1) is 16.2. The van der Waals surface area contributed by atoms with Crippen LogP contribution in [0.25, 0.3) is 0 Å². The summed E-state index contributed by atoms with van der Waals surface area (Å²) in [7, 11) is 0. The predicted octanol–water partition coefficient (Wildman–Crippen LogP) is 3.34. The van der Waals surface area contributed by atoms with E-state index in [1.807, 2.05) is 0 Å². The zero-order valence-corrected chi connectivity index (χ0v) is 11.6. The molecule has 0 radical (unpaired) electrons. The van der Waals surface area contributed by atoms with Crippen molar-refractivity contribution < 1.29 is 22.7 Å². The van der Waals surface area contributed by atoms with Crippen molar-refractivity contribution >= 4 is 0 Å². The van der Waals surface area contributed by atoms with Crippen molar-refractivity contribution in [2.24, 2.45) is 11.8 Å². The van der Waals surface area contributed by atoms with Crippen molar-refractivity contribution in [2.45, 2.75) is 32.0 Å². The standard InChI is InChI=1S/C15H19F4NO/c16-14-5-4-10(6-13(14)15(17,18)19)7-20-8-11-2-1-3-12(11)9-21/h4-6,11-12,20-21H,1-3,7-9H2. The molecule has 1 aromatic carbocycles. The molecule has 0 heterocycles. The molecule has 0 saturated heterocycles. The van der Waals surface area contributed by atoms with Crippen LogP contribution < -0.4 is 5.32 Å². The van der Waals surface area contributed by atoms with E-state index in [9.17, 15) is 22.7 Å². The van der Waals surface area contributed by atoms with Crippen LogP contribution in [0.5, 0.6) is 0 Å². The van der Waals surface area contributed by atoms with Crippen molar-refractivity contribution in [2.75, 3.05) is 13.2 Å². The fourth-order valence-electron chi connectivity index (χ4n) is 2.92. The average molecular weight is 305 g/mol. The van der Waals surface area contributed by atoms with E-state index in [1.54, 1.807) is 0 Å². The maximum atomic E-state index is 13.2. The van der Waals surface area contributed by atoms with Gasteiger partial charge >= 0.3 is 6.18 Å². The molecule has 0 spiro atoms. The summed E-state index contributed by atoms with van der Waals surface area (Å²) in [6.07, 6.45) is -1.58. The molecule has 1 fully saturated rings. The Kier molecular flexibility index (Phi) is 5.22. The number of hydrogen-bond acceptors (Lipinski definition) is 2. The summed E-state index contributed by atoms with van der Waals surface area (Å²) < 4.78 is 51.0. The Labute approximate surface area is 121 Å². The van der Waals surface area contributed by atoms with Gasteiger partial charge in [0.25, 0.3) is 0 Å². The van der Waals surface area contributed by atoms with Crippen molar-refractivity contribution in [3.05, 3.63) is 35.1 Å². The Morgan fingerprint density at radius 3 is 2.57 bits per heavy atom. The number of aliphatic hydroxyl groups excluding tert-OH is 1. The highest BCUT2D eigenvalue weighted by Gasteiger charge is 2.34. The largest absolute Gasteiger partial charge is 0.419 e. The van der Waals surface area contributed by atoms with E-state index in [1.165, 1.54) is 6.07 Å². The molecule has 1 aliphatic rings. The molecule has 2 N–H and O–H groups in total. The fourth-order valence-corrected chi connectivity index (χ4v) is 2.92. The first-order valence-electron chi connectivity index (χ1n) is 7.09. The van der Waals surface area contributed by atoms with Crippen molar-refractivity contribution in [3.8, 4) is 0 Å². The van der Waals surface area contributed by atoms with E-state index in [0.717, 1.165) is 31.4 Å². The summed E-state index contributed by atoms with van der Waals surface area (Å²) in [6, 6.07) is 3.06. The normalized spacial score (nSPS) is 22.7. The molecule has 2 atom stereocenters. The lowest BCUT2D eigenvalue weighted by atomic mass is 9.97. The Morgan fingerprint density at radius 2 is 1.90 bits per heavy atom. The third kappa shape index (κ3) is 4.17. The number of rotatable bonds is 5. The highest BCUT2D eigenvalue weighted by molar-refractivity contribution is 5.27. The monoisotopic (exact) mass is 305 g/mol. The third-order valence-electron chi connectivity index (χ3n) is 4.12. The fraction of sp³-hybridized carbons (Fsp3) is 0.600. The summed E-state index contributed by atoms with van der Waals surface area (Å²) >= 11 is 0. The van der Waals surface area contributed by atoms with Crippen LogP contribution in [0.15, 0.2) is 18.2 Å². The van der Waals surface area contributed by atoms with E-state index in [4.69, 9.17) is 0 Å². The topological polar surface area (TPSA) is 32.3 Å². The van der Waals surface area contributed by atoms with Crippen LogP contribution in [0.4, 0.5) is 17.6 Å². The lowest BCUT2D eigenvalue weighted by Crippen LogP contribution is -2.26. The number of benzene rings is 1. The molecule has 0 aliphatic heterocycles. The maximum absolute atomic E-state index is 13.2. The molecule has 21 heavy (non-hydrogen) atoms. The van der Waals surface area contributed by atoms with Crippen LogP contribution >= 0.6 is 0 Å². The molecule has 1 aliphatic carbocycles. The summed E-state index contributed by atoms with van der Waals surface area (Å²) in [6.45, 7) is 1.07. The van der Waals surface area contributed by atoms with Crippen LogP contribution in [0.3, 0.4) is 0 Å². The summed E-state index contributed by atoms with van der Waals surface area (Å²) in [5, 5.41) is 12.3. The van der Waals surface area contributed by atoms with Gasteiger partial charge in [-0.25, -0.2) is 4.39 Å². The van der Waals surface area contributed by atoms with Gasteiger partial charge in [0.05, 0.1) is 5.56 Å². The van der Waals surface area contributed by atoms with Crippen LogP contribution in [0.2, 0.25) is 0 Å². The lowest BCUT2D eigenvalue weighted by Gasteiger charge is -2.18. The zero-order chi connectivity index (χ0) is 15.5. The molecule has 6 heteroatoms. The molecule has 0 aromatic heterocycles. The highest BCUT2D eigenvalue weighted by Crippen LogP contribution is 2.32. The van der Waals surface area contributed by atoms with E-state index in [-0.39, 0.29) is 19.1 Å². The van der Waals surface area contributed by atoms with Gasteiger partial charge in [-0.2, -0.15) is 13.2 Å². The maximum Gasteiger partial charge on any atom is 0.419 e. The number of aliphatic hydroxyl groups is 1. The molecule has 0 amide bonds. The quantitative estimate of drug-likeness (QED) is 0.818. The van der Waals surface area contributed by atoms with Gasteiger partial charge in [0.1, 0.15) is 5.82 Å². The third-order valence-corrected chi connectivity index (χ3v) is 4.12. The minimum Gasteiger partial charge on any atom is -0.396 e. The smallest absolute Gasteiger partial charge is 0.396 e. The van der Waals surface area contributed by atoms with Gasteiger partial charge in [0, 0.05) is 13.2 Å². The summed E-state index contributed by atoms with van der Waals surface area (Å²) in [5.41, 5.74) is -0.821. The molecule has 118 valence electrons. The van der Waals surface area contributed by atoms with Crippen LogP contribution in [-0.2, 0) is 12.7 Å². The van der Waals surface area contributed by atoms with Crippen LogP contribution in [0.1, 0.15) is 30.4 Å². The Balaban J connectivity index is 1.92. The van der Waals surface area contributed by atoms with E-state index >= 15 is 0 Å². The second-order valence-electron chi connectivity index (χ2n) is 5.58. The van der Waals surface area contributed by atoms with Gasteiger partial charge < -0.3 is 10.4 Å². The first-order valence-corrected chi connectivity index (χ1v) is 7.09. The molecule has 2 unspecified atom stereocenters. The van der Waals surface area contributed by atoms with Gasteiger partial charge in [-0.05, 0) is 48.9 Å². The van der Waals surface area contributed by atoms with Gasteiger partial charge in [0.15, 0.2) is 0 Å². The molecule has 1 aromatic rings. The summed E-state index contributed by atoms with van der Waals surface area (Å²) in [5.74, 6) is -0.614. The Bertz CT molecular complexity index is 475. The van der Waals surface area contributed by atoms with Crippen molar-refractivity contribution in [3.63, 3.8) is 0 Å². The van der Waals surface area contributed by atoms with Crippen LogP contribution in [0, 0.1) is 17.7 Å². The van der Waals surface area contributed by atoms with Gasteiger partial charge in [-0.3, -0.25) is 0 Å². The van der Waals surface area contributed by atoms with E-state index in [0.29, 0.717) is 18.0 Å². The zero-order valence-electron chi connectivity index (χ0n) is 11.6. The number of nitrogens with one attached hydrogen (secondary N) is 1. The van der Waals surface area contributed by atoms with E-state index < -0.39 is 17.6 Å². The molecule has 0 bridgehead atoms. The first-order chi connectivity index (χ1) is 9.91. The predicted molar refractivity (Wildman–Crippen MR) is 71.0 cm³/mol. The molecule has 1 saturated carbocycles. The number of halogens is 4. The minimum absolute atomic E-state index is 0.154. The molecule has 2 rings (SSSR count). The molecular weight excluding hydrogens is 286 g/mol. The van der Waals surface area contributed by atoms with Gasteiger partial charge in [-0.15, -0.1) is 0 Å². The lowest BCUT2D eigenvalue weighted by molar-refractivity contribution is -0.140. The highest BCUT2D eigenvalue weighted by atomic mass is 19.4. The summed E-state index contributed by atoms with van der Waals surface area (Å²) in [4.78, 5) is 0. The Morgan fingerprint density at radius 1 is 1.19 bits per heavy atom. The van der Waals surface area contributed by atoms with E-state index in [2.05, 4.69) is 5.32 Å². The Hall–Kier alpha value is -1.14. The number of hydrogen-bond donors (Lipinski definition) is 2. The minimum atomic E-state index is -4.67. The SMILES string of the molecule is OCC1CCCC1CNCc1ccc(F)c(C(F)(F)F)c1. The van der Waals surface area contributed by atoms with Crippen molar-refractivity contribution in [1.82, 2.24) is 5.32 Å². The molecular formula is C15H19F4NO. The number of alkyl halides is 3. The average Bonchev–Trinajstić information content (AvgIpc) is 2.87. The molecule has 2 nitrogen and oxygen atoms in total. The van der Waals surface area contributed by atoms with Gasteiger partial charge in [0.2, 0.25) is 0 Å². The second kappa shape index (κ2) is 6.75.